The zero-order chi connectivity index (χ0) is 56.7. The molecule has 1 heterocycles. The molecule has 4 N–H and O–H groups in total. The summed E-state index contributed by atoms with van der Waals surface area (Å²) < 4.78 is 59.6. The first-order valence-electron chi connectivity index (χ1n) is 32.4. The van der Waals surface area contributed by atoms with Gasteiger partial charge in [-0.05, 0) is 77.0 Å². The minimum absolute atomic E-state index is 0.0354. The Morgan fingerprint density at radius 1 is 0.487 bits per heavy atom. The SMILES string of the molecule is CCCCCCC/C=C\C/C=C\C/C=C\CCCCCCCCCCCCCOCC(COC1OC(CO)C(O)C(OS(=O)(=O)O)C1O)OC(=O)CCCCCCCCCCCCCCC/C=C\CCCCCCCCCC. The third-order valence-electron chi connectivity index (χ3n) is 14.9. The summed E-state index contributed by atoms with van der Waals surface area (Å²) >= 11 is 0. The molecule has 78 heavy (non-hydrogen) atoms. The average Bonchev–Trinajstić information content (AvgIpc) is 3.42. The lowest BCUT2D eigenvalue weighted by molar-refractivity contribution is -0.301. The zero-order valence-corrected chi connectivity index (χ0v) is 50.8. The average molecular weight is 1130 g/mol. The Balaban J connectivity index is 2.24. The normalized spacial score (nSPS) is 18.7. The summed E-state index contributed by atoms with van der Waals surface area (Å²) in [5.74, 6) is -0.396. The van der Waals surface area contributed by atoms with Crippen LogP contribution in [0.5, 0.6) is 0 Å². The third kappa shape index (κ3) is 47.7. The molecule has 0 amide bonds. The molecule has 1 aliphatic heterocycles. The van der Waals surface area contributed by atoms with Gasteiger partial charge in [-0.25, -0.2) is 4.18 Å². The van der Waals surface area contributed by atoms with E-state index in [0.29, 0.717) is 13.0 Å². The molecule has 1 aliphatic rings. The third-order valence-corrected chi connectivity index (χ3v) is 15.4. The summed E-state index contributed by atoms with van der Waals surface area (Å²) in [5.41, 5.74) is 0. The fraction of sp³-hybridized carbons (Fsp3) is 0.862. The second-order valence-electron chi connectivity index (χ2n) is 22.4. The number of esters is 1. The Morgan fingerprint density at radius 3 is 1.24 bits per heavy atom. The van der Waals surface area contributed by atoms with E-state index in [4.69, 9.17) is 18.9 Å². The molecule has 0 radical (unpaired) electrons. The number of ether oxygens (including phenoxy) is 4. The van der Waals surface area contributed by atoms with E-state index in [-0.39, 0.29) is 19.6 Å². The Bertz CT molecular complexity index is 1530. The van der Waals surface area contributed by atoms with Crippen LogP contribution in [0, 0.1) is 0 Å². The van der Waals surface area contributed by atoms with Crippen LogP contribution >= 0.6 is 0 Å². The number of carbonyl (C=O) groups excluding carboxylic acids is 1. The van der Waals surface area contributed by atoms with Crippen LogP contribution < -0.4 is 0 Å². The largest absolute Gasteiger partial charge is 0.457 e. The molecule has 458 valence electrons. The summed E-state index contributed by atoms with van der Waals surface area (Å²) in [5, 5.41) is 30.9. The first-order chi connectivity index (χ1) is 38.1. The van der Waals surface area contributed by atoms with E-state index in [0.717, 1.165) is 51.4 Å². The van der Waals surface area contributed by atoms with Crippen molar-refractivity contribution in [2.45, 2.75) is 333 Å². The molecule has 6 unspecified atom stereocenters. The Labute approximate surface area is 478 Å². The molecule has 6 atom stereocenters. The molecular weight excluding hydrogens is 1000 g/mol. The van der Waals surface area contributed by atoms with Gasteiger partial charge < -0.3 is 34.3 Å². The summed E-state index contributed by atoms with van der Waals surface area (Å²) in [4.78, 5) is 13.0. The maximum atomic E-state index is 13.0. The van der Waals surface area contributed by atoms with E-state index in [1.807, 2.05) is 0 Å². The molecule has 0 aliphatic carbocycles. The monoisotopic (exact) mass is 1120 g/mol. The van der Waals surface area contributed by atoms with Crippen LogP contribution in [-0.2, 0) is 38.3 Å². The van der Waals surface area contributed by atoms with Crippen molar-refractivity contribution in [1.82, 2.24) is 0 Å². The van der Waals surface area contributed by atoms with Gasteiger partial charge >= 0.3 is 16.4 Å². The molecule has 1 saturated heterocycles. The first-order valence-corrected chi connectivity index (χ1v) is 33.8. The van der Waals surface area contributed by atoms with E-state index < -0.39 is 59.8 Å². The molecular formula is C65H120O12S. The number of hydrogen-bond donors (Lipinski definition) is 4. The lowest BCUT2D eigenvalue weighted by Crippen LogP contribution is -2.60. The van der Waals surface area contributed by atoms with E-state index in [1.165, 1.54) is 218 Å². The predicted molar refractivity (Wildman–Crippen MR) is 322 cm³/mol. The molecule has 0 aromatic heterocycles. The van der Waals surface area contributed by atoms with E-state index in [2.05, 4.69) is 66.6 Å². The highest BCUT2D eigenvalue weighted by molar-refractivity contribution is 7.80. The van der Waals surface area contributed by atoms with Crippen LogP contribution in [0.2, 0.25) is 0 Å². The van der Waals surface area contributed by atoms with Crippen LogP contribution in [0.15, 0.2) is 48.6 Å². The number of rotatable bonds is 58. The van der Waals surface area contributed by atoms with Crippen LogP contribution in [0.25, 0.3) is 0 Å². The number of aliphatic hydroxyl groups is 3. The minimum atomic E-state index is -5.07. The lowest BCUT2D eigenvalue weighted by Gasteiger charge is -2.41. The van der Waals surface area contributed by atoms with Crippen molar-refractivity contribution in [1.29, 1.82) is 0 Å². The lowest BCUT2D eigenvalue weighted by atomic mass is 9.99. The fourth-order valence-corrected chi connectivity index (χ4v) is 10.5. The van der Waals surface area contributed by atoms with Crippen LogP contribution in [-0.4, -0.2) is 97.5 Å². The molecule has 0 aromatic rings. The van der Waals surface area contributed by atoms with Crippen molar-refractivity contribution in [3.8, 4) is 0 Å². The predicted octanol–water partition coefficient (Wildman–Crippen LogP) is 17.0. The van der Waals surface area contributed by atoms with Crippen molar-refractivity contribution in [3.63, 3.8) is 0 Å². The quantitative estimate of drug-likeness (QED) is 0.0196. The Morgan fingerprint density at radius 2 is 0.846 bits per heavy atom. The highest BCUT2D eigenvalue weighted by Gasteiger charge is 2.48. The number of aliphatic hydroxyl groups excluding tert-OH is 3. The molecule has 0 aromatic carbocycles. The van der Waals surface area contributed by atoms with Gasteiger partial charge in [0.2, 0.25) is 0 Å². The van der Waals surface area contributed by atoms with Crippen LogP contribution in [0.1, 0.15) is 296 Å². The standard InChI is InChI=1S/C65H120O12S/c1-3-5-7-9-11-13-15-17-19-21-23-25-27-29-31-33-35-37-39-41-43-45-47-49-51-53-55-73-57-59(58-74-65-63(69)64(77-78(70,71)72)62(68)60(56-66)76-65)75-61(67)54-52-50-48-46-44-42-40-38-36-34-32-30-28-26-24-22-20-18-16-14-12-10-8-6-4-2/h15,17,21-24,27,29,59-60,62-66,68-69H,3-14,16,18-20,25-26,28,30-58H2,1-2H3,(H,70,71,72)/b17-15-,23-21-,24-22-,29-27-. The Kier molecular flexibility index (Phi) is 52.8. The second kappa shape index (κ2) is 55.6. The second-order valence-corrected chi connectivity index (χ2v) is 23.4. The molecule has 0 spiro atoms. The first kappa shape index (κ1) is 74.1. The molecule has 12 nitrogen and oxygen atoms in total. The van der Waals surface area contributed by atoms with Gasteiger partial charge in [0.1, 0.15) is 30.5 Å². The zero-order valence-electron chi connectivity index (χ0n) is 50.0. The van der Waals surface area contributed by atoms with Crippen LogP contribution in [0.4, 0.5) is 0 Å². The fourth-order valence-electron chi connectivity index (χ4n) is 10.0. The number of hydrogen-bond acceptors (Lipinski definition) is 11. The van der Waals surface area contributed by atoms with Crippen molar-refractivity contribution in [3.05, 3.63) is 48.6 Å². The summed E-state index contributed by atoms with van der Waals surface area (Å²) in [7, 11) is -5.07. The minimum Gasteiger partial charge on any atom is -0.457 e. The molecule has 0 bridgehead atoms. The van der Waals surface area contributed by atoms with Crippen molar-refractivity contribution in [2.24, 2.45) is 0 Å². The highest BCUT2D eigenvalue weighted by Crippen LogP contribution is 2.26. The van der Waals surface area contributed by atoms with Gasteiger partial charge in [-0.3, -0.25) is 9.35 Å². The maximum Gasteiger partial charge on any atom is 0.397 e. The summed E-state index contributed by atoms with van der Waals surface area (Å²) in [6.07, 6.45) is 63.0. The van der Waals surface area contributed by atoms with Gasteiger partial charge in [0.15, 0.2) is 6.29 Å². The van der Waals surface area contributed by atoms with Crippen molar-refractivity contribution in [2.75, 3.05) is 26.4 Å². The van der Waals surface area contributed by atoms with Crippen molar-refractivity contribution < 1.29 is 56.2 Å². The highest BCUT2D eigenvalue weighted by atomic mass is 32.3. The summed E-state index contributed by atoms with van der Waals surface area (Å²) in [6.45, 7) is 4.03. The van der Waals surface area contributed by atoms with Gasteiger partial charge in [0.05, 0.1) is 19.8 Å². The van der Waals surface area contributed by atoms with E-state index in [1.54, 1.807) is 0 Å². The summed E-state index contributed by atoms with van der Waals surface area (Å²) in [6, 6.07) is 0. The maximum absolute atomic E-state index is 13.0. The number of carbonyl (C=O) groups is 1. The molecule has 1 fully saturated rings. The number of unbranched alkanes of at least 4 members (excludes halogenated alkanes) is 37. The van der Waals surface area contributed by atoms with Gasteiger partial charge in [-0.2, -0.15) is 8.42 Å². The van der Waals surface area contributed by atoms with E-state index >= 15 is 0 Å². The molecule has 1 rings (SSSR count). The van der Waals surface area contributed by atoms with Gasteiger partial charge in [-0.15, -0.1) is 0 Å². The Hall–Kier alpha value is -1.94. The smallest absolute Gasteiger partial charge is 0.397 e. The topological polar surface area (TPSA) is 178 Å². The van der Waals surface area contributed by atoms with Gasteiger partial charge in [-0.1, -0.05) is 262 Å². The molecule has 0 saturated carbocycles. The number of allylic oxidation sites excluding steroid dienone is 8. The van der Waals surface area contributed by atoms with E-state index in [9.17, 15) is 33.1 Å². The molecule has 13 heteroatoms. The van der Waals surface area contributed by atoms with Gasteiger partial charge in [0, 0.05) is 13.0 Å². The van der Waals surface area contributed by atoms with Crippen LogP contribution in [0.3, 0.4) is 0 Å². The van der Waals surface area contributed by atoms with Gasteiger partial charge in [0.25, 0.3) is 0 Å². The van der Waals surface area contributed by atoms with Crippen molar-refractivity contribution >= 4 is 16.4 Å².